The number of amides is 1. The summed E-state index contributed by atoms with van der Waals surface area (Å²) >= 11 is 0. The second-order valence-corrected chi connectivity index (χ2v) is 7.95. The zero-order valence-corrected chi connectivity index (χ0v) is 13.5. The molecule has 1 unspecified atom stereocenters. The maximum Gasteiger partial charge on any atom is 0.422 e. The first-order chi connectivity index (χ1) is 9.83. The van der Waals surface area contributed by atoms with Crippen LogP contribution in [0.15, 0.2) is 0 Å². The van der Waals surface area contributed by atoms with E-state index >= 15 is 0 Å². The van der Waals surface area contributed by atoms with Crippen molar-refractivity contribution in [2.75, 3.05) is 26.2 Å². The first-order valence-corrected chi connectivity index (χ1v) is 8.96. The van der Waals surface area contributed by atoms with Gasteiger partial charge < -0.3 is 10.1 Å². The highest BCUT2D eigenvalue weighted by molar-refractivity contribution is 7.87. The normalized spacial score (nSPS) is 27.8. The van der Waals surface area contributed by atoms with Crippen LogP contribution in [-0.4, -0.2) is 51.1 Å². The second kappa shape index (κ2) is 6.50. The van der Waals surface area contributed by atoms with E-state index < -0.39 is 16.3 Å². The molecule has 2 N–H and O–H groups in total. The number of nitrogens with zero attached hydrogens (tertiary/aromatic N) is 1. The van der Waals surface area contributed by atoms with Gasteiger partial charge in [0, 0.05) is 19.6 Å². The lowest BCUT2D eigenvalue weighted by molar-refractivity contribution is 0.106. The molecule has 2 aliphatic heterocycles. The monoisotopic (exact) mass is 319 g/mol. The van der Waals surface area contributed by atoms with Gasteiger partial charge in [0.15, 0.2) is 0 Å². The summed E-state index contributed by atoms with van der Waals surface area (Å²) in [6.07, 6.45) is 2.69. The van der Waals surface area contributed by atoms with Crippen LogP contribution in [0.5, 0.6) is 0 Å². The van der Waals surface area contributed by atoms with Crippen molar-refractivity contribution in [1.29, 1.82) is 0 Å². The summed E-state index contributed by atoms with van der Waals surface area (Å²) in [7, 11) is -3.82. The standard InChI is InChI=1S/C13H25N3O4S/c1-11(2)20-12(17)15-21(18,19)16-8-4-6-13(10-16)5-3-7-14-9-13/h11,14H,3-10H2,1-2H3,(H,15,17). The Morgan fingerprint density at radius 2 is 2.05 bits per heavy atom. The van der Waals surface area contributed by atoms with Crippen molar-refractivity contribution in [3.05, 3.63) is 0 Å². The number of rotatable bonds is 3. The molecule has 2 aliphatic rings. The minimum Gasteiger partial charge on any atom is -0.446 e. The van der Waals surface area contributed by atoms with Gasteiger partial charge >= 0.3 is 16.3 Å². The highest BCUT2D eigenvalue weighted by Gasteiger charge is 2.40. The molecule has 0 aliphatic carbocycles. The Kier molecular flexibility index (Phi) is 5.11. The van der Waals surface area contributed by atoms with E-state index in [1.54, 1.807) is 13.8 Å². The zero-order chi connectivity index (χ0) is 15.5. The molecule has 8 heteroatoms. The Morgan fingerprint density at radius 1 is 1.33 bits per heavy atom. The fourth-order valence-electron chi connectivity index (χ4n) is 3.15. The maximum absolute atomic E-state index is 12.3. The van der Waals surface area contributed by atoms with E-state index in [1.807, 2.05) is 4.72 Å². The van der Waals surface area contributed by atoms with Crippen LogP contribution in [-0.2, 0) is 14.9 Å². The van der Waals surface area contributed by atoms with E-state index in [1.165, 1.54) is 4.31 Å². The zero-order valence-electron chi connectivity index (χ0n) is 12.7. The molecule has 2 fully saturated rings. The van der Waals surface area contributed by atoms with Crippen molar-refractivity contribution in [2.45, 2.75) is 45.6 Å². The van der Waals surface area contributed by atoms with Gasteiger partial charge in [-0.25, -0.2) is 9.52 Å². The lowest BCUT2D eigenvalue weighted by atomic mass is 9.75. The van der Waals surface area contributed by atoms with E-state index in [-0.39, 0.29) is 11.5 Å². The van der Waals surface area contributed by atoms with Crippen molar-refractivity contribution in [3.8, 4) is 0 Å². The van der Waals surface area contributed by atoms with Crippen LogP contribution in [0.4, 0.5) is 4.79 Å². The number of hydrogen-bond acceptors (Lipinski definition) is 5. The summed E-state index contributed by atoms with van der Waals surface area (Å²) in [5.74, 6) is 0. The minimum atomic E-state index is -3.82. The number of ether oxygens (including phenoxy) is 1. The SMILES string of the molecule is CC(C)OC(=O)NS(=O)(=O)N1CCCC2(CCCNC2)C1. The Hall–Kier alpha value is -0.860. The molecule has 0 aromatic heterocycles. The van der Waals surface area contributed by atoms with Crippen LogP contribution in [0.25, 0.3) is 0 Å². The van der Waals surface area contributed by atoms with Gasteiger partial charge in [0.1, 0.15) is 0 Å². The van der Waals surface area contributed by atoms with Crippen LogP contribution < -0.4 is 10.0 Å². The predicted octanol–water partition coefficient (Wildman–Crippen LogP) is 0.831. The van der Waals surface area contributed by atoms with Gasteiger partial charge in [0.05, 0.1) is 6.10 Å². The highest BCUT2D eigenvalue weighted by atomic mass is 32.2. The van der Waals surface area contributed by atoms with E-state index in [9.17, 15) is 13.2 Å². The molecule has 2 saturated heterocycles. The van der Waals surface area contributed by atoms with E-state index in [2.05, 4.69) is 5.32 Å². The predicted molar refractivity (Wildman–Crippen MR) is 79.0 cm³/mol. The minimum absolute atomic E-state index is 0.00715. The molecule has 122 valence electrons. The van der Waals surface area contributed by atoms with Gasteiger partial charge in [0.25, 0.3) is 0 Å². The van der Waals surface area contributed by atoms with Gasteiger partial charge in [-0.3, -0.25) is 0 Å². The van der Waals surface area contributed by atoms with Crippen LogP contribution in [0.1, 0.15) is 39.5 Å². The highest BCUT2D eigenvalue weighted by Crippen LogP contribution is 2.36. The molecule has 0 radical (unpaired) electrons. The molecule has 1 atom stereocenters. The van der Waals surface area contributed by atoms with Crippen LogP contribution >= 0.6 is 0 Å². The summed E-state index contributed by atoms with van der Waals surface area (Å²) < 4.78 is 32.8. The molecule has 21 heavy (non-hydrogen) atoms. The number of piperidine rings is 2. The summed E-state index contributed by atoms with van der Waals surface area (Å²) in [6.45, 7) is 6.10. The molecular formula is C13H25N3O4S. The van der Waals surface area contributed by atoms with Crippen molar-refractivity contribution >= 4 is 16.3 Å². The Labute approximate surface area is 126 Å². The Balaban J connectivity index is 2.00. The number of nitrogens with one attached hydrogen (secondary N) is 2. The lowest BCUT2D eigenvalue weighted by Crippen LogP contribution is -2.55. The topological polar surface area (TPSA) is 87.7 Å². The van der Waals surface area contributed by atoms with Gasteiger partial charge in [0.2, 0.25) is 0 Å². The lowest BCUT2D eigenvalue weighted by Gasteiger charge is -2.44. The quantitative estimate of drug-likeness (QED) is 0.804. The molecule has 2 heterocycles. The van der Waals surface area contributed by atoms with Crippen LogP contribution in [0.3, 0.4) is 0 Å². The summed E-state index contributed by atoms with van der Waals surface area (Å²) in [5.41, 5.74) is 0.00715. The van der Waals surface area contributed by atoms with Gasteiger partial charge in [-0.1, -0.05) is 0 Å². The van der Waals surface area contributed by atoms with Gasteiger partial charge in [-0.05, 0) is 51.5 Å². The number of carbonyl (C=O) groups excluding carboxylic acids is 1. The molecule has 1 spiro atoms. The molecule has 0 saturated carbocycles. The van der Waals surface area contributed by atoms with Crippen molar-refractivity contribution in [1.82, 2.24) is 14.3 Å². The maximum atomic E-state index is 12.3. The molecule has 0 aromatic carbocycles. The summed E-state index contributed by atoms with van der Waals surface area (Å²) in [5, 5.41) is 3.35. The van der Waals surface area contributed by atoms with Crippen molar-refractivity contribution in [2.24, 2.45) is 5.41 Å². The number of hydrogen-bond donors (Lipinski definition) is 2. The summed E-state index contributed by atoms with van der Waals surface area (Å²) in [4.78, 5) is 11.5. The van der Waals surface area contributed by atoms with Crippen molar-refractivity contribution < 1.29 is 17.9 Å². The fourth-order valence-corrected chi connectivity index (χ4v) is 4.36. The third-order valence-electron chi connectivity index (χ3n) is 4.08. The average Bonchev–Trinajstić information content (AvgIpc) is 2.38. The smallest absolute Gasteiger partial charge is 0.422 e. The fraction of sp³-hybridized carbons (Fsp3) is 0.923. The first kappa shape index (κ1) is 16.5. The van der Waals surface area contributed by atoms with E-state index in [0.717, 1.165) is 38.8 Å². The molecular weight excluding hydrogens is 294 g/mol. The van der Waals surface area contributed by atoms with Gasteiger partial charge in [-0.15, -0.1) is 0 Å². The third-order valence-corrected chi connectivity index (χ3v) is 5.50. The summed E-state index contributed by atoms with van der Waals surface area (Å²) in [6, 6.07) is 0. The van der Waals surface area contributed by atoms with Gasteiger partial charge in [-0.2, -0.15) is 12.7 Å². The van der Waals surface area contributed by atoms with Crippen LogP contribution in [0, 0.1) is 5.41 Å². The average molecular weight is 319 g/mol. The third kappa shape index (κ3) is 4.31. The number of carbonyl (C=O) groups is 1. The molecule has 2 rings (SSSR count). The Morgan fingerprint density at radius 3 is 2.67 bits per heavy atom. The largest absolute Gasteiger partial charge is 0.446 e. The second-order valence-electron chi connectivity index (χ2n) is 6.28. The molecule has 7 nitrogen and oxygen atoms in total. The molecule has 0 aromatic rings. The molecule has 1 amide bonds. The Bertz CT molecular complexity index is 466. The first-order valence-electron chi connectivity index (χ1n) is 7.52. The molecule has 0 bridgehead atoms. The van der Waals surface area contributed by atoms with Crippen LogP contribution in [0.2, 0.25) is 0 Å². The van der Waals surface area contributed by atoms with E-state index in [4.69, 9.17) is 4.74 Å². The van der Waals surface area contributed by atoms with Crippen molar-refractivity contribution in [3.63, 3.8) is 0 Å². The van der Waals surface area contributed by atoms with E-state index in [0.29, 0.717) is 13.1 Å².